The molecule has 126 valence electrons. The average molecular weight is 325 g/mol. The third-order valence-corrected chi connectivity index (χ3v) is 3.49. The maximum Gasteiger partial charge on any atom is 0.304 e. The smallest absolute Gasteiger partial charge is 0.304 e. The maximum atomic E-state index is 10.4. The van der Waals surface area contributed by atoms with E-state index in [1.54, 1.807) is 0 Å². The first-order chi connectivity index (χ1) is 11.7. The van der Waals surface area contributed by atoms with Crippen molar-refractivity contribution in [1.82, 2.24) is 5.32 Å². The molecule has 0 radical (unpaired) electrons. The van der Waals surface area contributed by atoms with Crippen molar-refractivity contribution in [3.8, 4) is 5.75 Å². The number of hydrogen-bond donors (Lipinski definition) is 2. The second kappa shape index (κ2) is 10.2. The van der Waals surface area contributed by atoms with Crippen LogP contribution < -0.4 is 10.1 Å². The summed E-state index contributed by atoms with van der Waals surface area (Å²) in [6.07, 6.45) is 5.06. The molecule has 0 atom stereocenters. The van der Waals surface area contributed by atoms with E-state index in [0.717, 1.165) is 24.3 Å². The van der Waals surface area contributed by atoms with E-state index in [0.29, 0.717) is 13.2 Å². The molecule has 0 heterocycles. The summed E-state index contributed by atoms with van der Waals surface area (Å²) in [7, 11) is 0. The number of carboxylic acid groups (broad SMARTS) is 1. The minimum absolute atomic E-state index is 0.156. The monoisotopic (exact) mass is 325 g/mol. The molecule has 24 heavy (non-hydrogen) atoms. The number of nitrogens with one attached hydrogen (secondary N) is 1. The summed E-state index contributed by atoms with van der Waals surface area (Å²) in [6, 6.07) is 18.1. The first-order valence-electron chi connectivity index (χ1n) is 8.10. The van der Waals surface area contributed by atoms with Gasteiger partial charge in [-0.1, -0.05) is 48.5 Å². The van der Waals surface area contributed by atoms with Crippen LogP contribution >= 0.6 is 0 Å². The molecule has 0 bridgehead atoms. The number of aliphatic carboxylic acids is 1. The van der Waals surface area contributed by atoms with Crippen molar-refractivity contribution in [2.45, 2.75) is 12.8 Å². The molecule has 0 fully saturated rings. The molecule has 2 aromatic carbocycles. The van der Waals surface area contributed by atoms with Crippen LogP contribution in [0.3, 0.4) is 0 Å². The standard InChI is InChI=1S/C20H23NO3/c22-20(23)13-15-21-14-12-18-8-10-19(11-9-18)24-16-4-7-17-5-2-1-3-6-17/h1-11,21H,12-16H2,(H,22,23)/b7-4+. The molecule has 0 aliphatic carbocycles. The van der Waals surface area contributed by atoms with Crippen LogP contribution in [0.5, 0.6) is 5.75 Å². The molecule has 0 amide bonds. The lowest BCUT2D eigenvalue weighted by molar-refractivity contribution is -0.136. The van der Waals surface area contributed by atoms with Crippen LogP contribution in [-0.4, -0.2) is 30.8 Å². The third-order valence-electron chi connectivity index (χ3n) is 3.49. The first kappa shape index (κ1) is 17.8. The fraction of sp³-hybridized carbons (Fsp3) is 0.250. The molecule has 0 aromatic heterocycles. The summed E-state index contributed by atoms with van der Waals surface area (Å²) in [4.78, 5) is 10.4. The van der Waals surface area contributed by atoms with Crippen molar-refractivity contribution < 1.29 is 14.6 Å². The fourth-order valence-corrected chi connectivity index (χ4v) is 2.20. The number of ether oxygens (including phenoxy) is 1. The summed E-state index contributed by atoms with van der Waals surface area (Å²) in [5.41, 5.74) is 2.36. The SMILES string of the molecule is O=C(O)CCNCCc1ccc(OC/C=C/c2ccccc2)cc1. The van der Waals surface area contributed by atoms with Gasteiger partial charge >= 0.3 is 5.97 Å². The summed E-state index contributed by atoms with van der Waals surface area (Å²) < 4.78 is 5.68. The third kappa shape index (κ3) is 7.11. The number of rotatable bonds is 10. The maximum absolute atomic E-state index is 10.4. The molecule has 2 rings (SSSR count). The molecule has 0 spiro atoms. The van der Waals surface area contributed by atoms with E-state index in [1.807, 2.05) is 54.6 Å². The van der Waals surface area contributed by atoms with Crippen LogP contribution in [0.4, 0.5) is 0 Å². The highest BCUT2D eigenvalue weighted by molar-refractivity contribution is 5.66. The zero-order chi connectivity index (χ0) is 17.0. The predicted molar refractivity (Wildman–Crippen MR) is 96.2 cm³/mol. The van der Waals surface area contributed by atoms with Gasteiger partial charge in [0.1, 0.15) is 12.4 Å². The summed E-state index contributed by atoms with van der Waals surface area (Å²) >= 11 is 0. The fourth-order valence-electron chi connectivity index (χ4n) is 2.20. The van der Waals surface area contributed by atoms with Crippen LogP contribution in [0.1, 0.15) is 17.5 Å². The van der Waals surface area contributed by atoms with Gasteiger partial charge in [-0.15, -0.1) is 0 Å². The van der Waals surface area contributed by atoms with Crippen LogP contribution in [0.15, 0.2) is 60.7 Å². The van der Waals surface area contributed by atoms with Crippen molar-refractivity contribution >= 4 is 12.0 Å². The Morgan fingerprint density at radius 1 is 1.04 bits per heavy atom. The Balaban J connectivity index is 1.66. The van der Waals surface area contributed by atoms with Gasteiger partial charge in [-0.3, -0.25) is 4.79 Å². The van der Waals surface area contributed by atoms with Gasteiger partial charge in [-0.2, -0.15) is 0 Å². The quantitative estimate of drug-likeness (QED) is 0.658. The lowest BCUT2D eigenvalue weighted by Gasteiger charge is -2.06. The topological polar surface area (TPSA) is 58.6 Å². The Bertz CT molecular complexity index is 636. The Hall–Kier alpha value is -2.59. The van der Waals surface area contributed by atoms with Crippen molar-refractivity contribution in [3.63, 3.8) is 0 Å². The molecule has 0 aliphatic rings. The molecule has 2 aromatic rings. The zero-order valence-electron chi connectivity index (χ0n) is 13.7. The Kier molecular flexibility index (Phi) is 7.57. The Morgan fingerprint density at radius 3 is 2.50 bits per heavy atom. The Morgan fingerprint density at radius 2 is 1.79 bits per heavy atom. The van der Waals surface area contributed by atoms with E-state index in [9.17, 15) is 4.79 Å². The Labute approximate surface area is 142 Å². The number of carboxylic acids is 1. The van der Waals surface area contributed by atoms with E-state index in [1.165, 1.54) is 5.56 Å². The molecule has 0 unspecified atom stereocenters. The van der Waals surface area contributed by atoms with Crippen LogP contribution in [0.2, 0.25) is 0 Å². The number of carbonyl (C=O) groups is 1. The largest absolute Gasteiger partial charge is 0.490 e. The van der Waals surface area contributed by atoms with Crippen molar-refractivity contribution in [3.05, 3.63) is 71.8 Å². The van der Waals surface area contributed by atoms with E-state index in [2.05, 4.69) is 17.4 Å². The van der Waals surface area contributed by atoms with Gasteiger partial charge in [-0.25, -0.2) is 0 Å². The first-order valence-corrected chi connectivity index (χ1v) is 8.10. The lowest BCUT2D eigenvalue weighted by atomic mass is 10.1. The van der Waals surface area contributed by atoms with Crippen LogP contribution in [0.25, 0.3) is 6.08 Å². The average Bonchev–Trinajstić information content (AvgIpc) is 2.60. The minimum Gasteiger partial charge on any atom is -0.490 e. The number of hydrogen-bond acceptors (Lipinski definition) is 3. The molecule has 4 heteroatoms. The second-order valence-electron chi connectivity index (χ2n) is 5.41. The van der Waals surface area contributed by atoms with Crippen molar-refractivity contribution in [2.24, 2.45) is 0 Å². The van der Waals surface area contributed by atoms with Crippen LogP contribution in [0, 0.1) is 0 Å². The second-order valence-corrected chi connectivity index (χ2v) is 5.41. The van der Waals surface area contributed by atoms with Crippen LogP contribution in [-0.2, 0) is 11.2 Å². The van der Waals surface area contributed by atoms with E-state index in [-0.39, 0.29) is 6.42 Å². The summed E-state index contributed by atoms with van der Waals surface area (Å²) in [5, 5.41) is 11.7. The van der Waals surface area contributed by atoms with Gasteiger partial charge in [0.15, 0.2) is 0 Å². The summed E-state index contributed by atoms with van der Waals surface area (Å²) in [5.74, 6) is 0.0700. The molecule has 2 N–H and O–H groups in total. The van der Waals surface area contributed by atoms with Gasteiger partial charge in [0.25, 0.3) is 0 Å². The molecular weight excluding hydrogens is 302 g/mol. The van der Waals surface area contributed by atoms with Gasteiger partial charge in [0, 0.05) is 6.54 Å². The van der Waals surface area contributed by atoms with Crippen molar-refractivity contribution in [2.75, 3.05) is 19.7 Å². The zero-order valence-corrected chi connectivity index (χ0v) is 13.7. The minimum atomic E-state index is -0.773. The normalized spacial score (nSPS) is 10.8. The highest BCUT2D eigenvalue weighted by atomic mass is 16.5. The van der Waals surface area contributed by atoms with E-state index < -0.39 is 5.97 Å². The molecule has 0 saturated heterocycles. The highest BCUT2D eigenvalue weighted by Gasteiger charge is 1.97. The van der Waals surface area contributed by atoms with E-state index in [4.69, 9.17) is 9.84 Å². The van der Waals surface area contributed by atoms with Gasteiger partial charge in [0.2, 0.25) is 0 Å². The lowest BCUT2D eigenvalue weighted by Crippen LogP contribution is -2.20. The van der Waals surface area contributed by atoms with Gasteiger partial charge in [-0.05, 0) is 42.3 Å². The molecule has 0 saturated carbocycles. The molecular formula is C20H23NO3. The van der Waals surface area contributed by atoms with Crippen molar-refractivity contribution in [1.29, 1.82) is 0 Å². The summed E-state index contributed by atoms with van der Waals surface area (Å²) in [6.45, 7) is 1.81. The van der Waals surface area contributed by atoms with E-state index >= 15 is 0 Å². The highest BCUT2D eigenvalue weighted by Crippen LogP contribution is 2.12. The number of benzene rings is 2. The van der Waals surface area contributed by atoms with Gasteiger partial charge < -0.3 is 15.2 Å². The molecule has 4 nitrogen and oxygen atoms in total. The van der Waals surface area contributed by atoms with Gasteiger partial charge in [0.05, 0.1) is 6.42 Å². The molecule has 0 aliphatic heterocycles. The predicted octanol–water partition coefficient (Wildman–Crippen LogP) is 3.39.